The van der Waals surface area contributed by atoms with Crippen molar-refractivity contribution in [1.29, 1.82) is 0 Å². The summed E-state index contributed by atoms with van der Waals surface area (Å²) in [6, 6.07) is 0. The molecule has 35 heavy (non-hydrogen) atoms. The van der Waals surface area contributed by atoms with Gasteiger partial charge in [-0.2, -0.15) is 0 Å². The van der Waals surface area contributed by atoms with Crippen molar-refractivity contribution < 1.29 is 0 Å². The van der Waals surface area contributed by atoms with Gasteiger partial charge in [0.2, 0.25) is 0 Å². The molecule has 0 saturated carbocycles. The van der Waals surface area contributed by atoms with Crippen LogP contribution in [0, 0.1) is 13.8 Å². The first-order chi connectivity index (χ1) is 17.1. The summed E-state index contributed by atoms with van der Waals surface area (Å²) in [4.78, 5) is 16.9. The van der Waals surface area contributed by atoms with E-state index in [1.165, 1.54) is 138 Å². The smallest absolute Gasteiger partial charge is 0.106 e. The molecule has 4 heteroatoms. The second-order valence-corrected chi connectivity index (χ2v) is 10.8. The van der Waals surface area contributed by atoms with Crippen LogP contribution in [0.3, 0.4) is 0 Å². The Balaban J connectivity index is 1.63. The SMILES string of the molecule is CCCCCCCCCCCc1nc(Cc2nc(CCCCCCCCCCC)[nH]c2C)c(C)[nH]1. The number of aromatic amines is 2. The lowest BCUT2D eigenvalue weighted by molar-refractivity contribution is 0.562. The minimum absolute atomic E-state index is 0.834. The fourth-order valence-corrected chi connectivity index (χ4v) is 5.07. The van der Waals surface area contributed by atoms with Gasteiger partial charge >= 0.3 is 0 Å². The molecule has 2 rings (SSSR count). The zero-order valence-electron chi connectivity index (χ0n) is 23.7. The summed E-state index contributed by atoms with van der Waals surface area (Å²) < 4.78 is 0. The molecular weight excluding hydrogens is 428 g/mol. The van der Waals surface area contributed by atoms with Crippen LogP contribution in [0.25, 0.3) is 0 Å². The van der Waals surface area contributed by atoms with Gasteiger partial charge in [0.25, 0.3) is 0 Å². The molecule has 2 heterocycles. The second-order valence-electron chi connectivity index (χ2n) is 10.8. The highest BCUT2D eigenvalue weighted by molar-refractivity contribution is 5.24. The molecule has 2 aromatic heterocycles. The summed E-state index contributed by atoms with van der Waals surface area (Å²) in [5.41, 5.74) is 4.75. The first kappa shape index (κ1) is 29.6. The number of hydrogen-bond acceptors (Lipinski definition) is 2. The molecule has 0 fully saturated rings. The third-order valence-corrected chi connectivity index (χ3v) is 7.44. The van der Waals surface area contributed by atoms with E-state index in [-0.39, 0.29) is 0 Å². The van der Waals surface area contributed by atoms with Gasteiger partial charge in [0.1, 0.15) is 11.6 Å². The van der Waals surface area contributed by atoms with E-state index in [0.29, 0.717) is 0 Å². The number of nitrogens with one attached hydrogen (secondary N) is 2. The van der Waals surface area contributed by atoms with Crippen molar-refractivity contribution in [3.05, 3.63) is 34.4 Å². The number of H-pyrrole nitrogens is 2. The minimum atomic E-state index is 0.834. The molecule has 0 bridgehead atoms. The lowest BCUT2D eigenvalue weighted by Gasteiger charge is -2.01. The van der Waals surface area contributed by atoms with E-state index in [1.807, 2.05) is 0 Å². The van der Waals surface area contributed by atoms with Crippen LogP contribution in [0.2, 0.25) is 0 Å². The van der Waals surface area contributed by atoms with Crippen LogP contribution in [0.1, 0.15) is 164 Å². The third kappa shape index (κ3) is 12.8. The maximum atomic E-state index is 4.94. The first-order valence-electron chi connectivity index (χ1n) is 15.2. The van der Waals surface area contributed by atoms with Gasteiger partial charge in [-0.05, 0) is 26.7 Å². The van der Waals surface area contributed by atoms with E-state index >= 15 is 0 Å². The molecule has 4 nitrogen and oxygen atoms in total. The Bertz CT molecular complexity index is 709. The van der Waals surface area contributed by atoms with E-state index in [4.69, 9.17) is 9.97 Å². The fourth-order valence-electron chi connectivity index (χ4n) is 5.07. The van der Waals surface area contributed by atoms with Crippen molar-refractivity contribution in [3.8, 4) is 0 Å². The van der Waals surface area contributed by atoms with Gasteiger partial charge in [-0.25, -0.2) is 9.97 Å². The van der Waals surface area contributed by atoms with Crippen LogP contribution in [0.5, 0.6) is 0 Å². The number of unbranched alkanes of at least 4 members (excludes halogenated alkanes) is 16. The van der Waals surface area contributed by atoms with Gasteiger partial charge in [0.05, 0.1) is 11.4 Å². The van der Waals surface area contributed by atoms with Crippen LogP contribution in [-0.2, 0) is 19.3 Å². The topological polar surface area (TPSA) is 57.4 Å². The Morgan fingerprint density at radius 3 is 1.11 bits per heavy atom. The Labute approximate surface area is 216 Å². The molecule has 0 aliphatic carbocycles. The lowest BCUT2D eigenvalue weighted by Crippen LogP contribution is -1.95. The molecule has 0 spiro atoms. The molecule has 0 radical (unpaired) electrons. The average Bonchev–Trinajstić information content (AvgIpc) is 3.38. The highest BCUT2D eigenvalue weighted by Crippen LogP contribution is 2.17. The summed E-state index contributed by atoms with van der Waals surface area (Å²) in [6.45, 7) is 8.89. The zero-order chi connectivity index (χ0) is 25.1. The second kappa shape index (κ2) is 18.7. The Morgan fingerprint density at radius 2 is 0.771 bits per heavy atom. The van der Waals surface area contributed by atoms with E-state index in [0.717, 1.165) is 30.9 Å². The third-order valence-electron chi connectivity index (χ3n) is 7.44. The summed E-state index contributed by atoms with van der Waals surface area (Å²) >= 11 is 0. The summed E-state index contributed by atoms with van der Waals surface area (Å²) in [5.74, 6) is 2.31. The molecule has 2 aromatic rings. The van der Waals surface area contributed by atoms with Gasteiger partial charge in [-0.1, -0.05) is 117 Å². The van der Waals surface area contributed by atoms with Crippen LogP contribution in [0.15, 0.2) is 0 Å². The van der Waals surface area contributed by atoms with Crippen LogP contribution < -0.4 is 0 Å². The molecule has 0 amide bonds. The number of rotatable bonds is 22. The first-order valence-corrected chi connectivity index (χ1v) is 15.2. The van der Waals surface area contributed by atoms with E-state index in [9.17, 15) is 0 Å². The quantitative estimate of drug-likeness (QED) is 0.163. The largest absolute Gasteiger partial charge is 0.346 e. The number of aromatic nitrogens is 4. The molecule has 200 valence electrons. The van der Waals surface area contributed by atoms with Crippen LogP contribution >= 0.6 is 0 Å². The predicted octanol–water partition coefficient (Wildman–Crippen LogP) is 9.49. The van der Waals surface area contributed by atoms with Crippen molar-refractivity contribution in [2.45, 2.75) is 163 Å². The molecule has 0 aliphatic rings. The Kier molecular flexibility index (Phi) is 15.8. The summed E-state index contributed by atoms with van der Waals surface area (Å²) in [5, 5.41) is 0. The molecule has 0 aromatic carbocycles. The number of hydrogen-bond donors (Lipinski definition) is 2. The summed E-state index contributed by atoms with van der Waals surface area (Å²) in [6.07, 6.45) is 27.6. The fraction of sp³-hybridized carbons (Fsp3) is 0.806. The maximum absolute atomic E-state index is 4.94. The number of imidazole rings is 2. The van der Waals surface area contributed by atoms with Crippen molar-refractivity contribution >= 4 is 0 Å². The molecule has 0 aliphatic heterocycles. The molecule has 0 saturated heterocycles. The van der Waals surface area contributed by atoms with Gasteiger partial charge in [-0.15, -0.1) is 0 Å². The van der Waals surface area contributed by atoms with Crippen molar-refractivity contribution in [1.82, 2.24) is 19.9 Å². The van der Waals surface area contributed by atoms with Crippen molar-refractivity contribution in [3.63, 3.8) is 0 Å². The van der Waals surface area contributed by atoms with Gasteiger partial charge in [-0.3, -0.25) is 0 Å². The van der Waals surface area contributed by atoms with Crippen molar-refractivity contribution in [2.24, 2.45) is 0 Å². The van der Waals surface area contributed by atoms with Crippen LogP contribution in [-0.4, -0.2) is 19.9 Å². The van der Waals surface area contributed by atoms with Gasteiger partial charge in [0, 0.05) is 30.7 Å². The zero-order valence-corrected chi connectivity index (χ0v) is 23.7. The number of aryl methyl sites for hydroxylation is 4. The highest BCUT2D eigenvalue weighted by Gasteiger charge is 2.12. The van der Waals surface area contributed by atoms with E-state index < -0.39 is 0 Å². The average molecular weight is 485 g/mol. The molecule has 0 atom stereocenters. The van der Waals surface area contributed by atoms with Gasteiger partial charge in [0.15, 0.2) is 0 Å². The standard InChI is InChI=1S/C31H56N4/c1-5-7-9-11-13-15-17-19-21-23-30-32-26(3)28(34-30)25-29-27(4)33-31(35-29)24-22-20-18-16-14-12-10-8-6-2/h5-25H2,1-4H3,(H,32,34)(H,33,35). The Hall–Kier alpha value is -1.58. The van der Waals surface area contributed by atoms with Crippen molar-refractivity contribution in [2.75, 3.05) is 0 Å². The lowest BCUT2D eigenvalue weighted by atomic mass is 10.1. The molecular formula is C31H56N4. The van der Waals surface area contributed by atoms with E-state index in [2.05, 4.69) is 37.7 Å². The molecule has 0 unspecified atom stereocenters. The van der Waals surface area contributed by atoms with E-state index in [1.54, 1.807) is 0 Å². The minimum Gasteiger partial charge on any atom is -0.346 e. The monoisotopic (exact) mass is 484 g/mol. The summed E-state index contributed by atoms with van der Waals surface area (Å²) in [7, 11) is 0. The molecule has 2 N–H and O–H groups in total. The Morgan fingerprint density at radius 1 is 0.457 bits per heavy atom. The maximum Gasteiger partial charge on any atom is 0.106 e. The predicted molar refractivity (Wildman–Crippen MR) is 151 cm³/mol. The highest BCUT2D eigenvalue weighted by atomic mass is 15.0. The van der Waals surface area contributed by atoms with Crippen LogP contribution in [0.4, 0.5) is 0 Å². The normalized spacial score (nSPS) is 11.5. The number of nitrogens with zero attached hydrogens (tertiary/aromatic N) is 2. The van der Waals surface area contributed by atoms with Gasteiger partial charge < -0.3 is 9.97 Å².